The Kier molecular flexibility index (Phi) is 7.36. The van der Waals surface area contributed by atoms with E-state index in [0.717, 1.165) is 32.4 Å². The number of carboxylic acid groups (broad SMARTS) is 1. The summed E-state index contributed by atoms with van der Waals surface area (Å²) in [4.78, 5) is 24.6. The Labute approximate surface area is 120 Å². The minimum Gasteiger partial charge on any atom is -0.481 e. The molecule has 0 bridgehead atoms. The van der Waals surface area contributed by atoms with Crippen LogP contribution in [-0.2, 0) is 4.79 Å². The first-order valence-electron chi connectivity index (χ1n) is 7.43. The molecule has 116 valence electrons. The van der Waals surface area contributed by atoms with Crippen molar-refractivity contribution in [2.75, 3.05) is 33.2 Å². The SMILES string of the molecule is CCC(CNC(=O)NCC1CCN(C)CC1)CC(=O)O. The van der Waals surface area contributed by atoms with E-state index in [2.05, 4.69) is 22.6 Å². The van der Waals surface area contributed by atoms with Crippen molar-refractivity contribution in [2.24, 2.45) is 11.8 Å². The number of carbonyl (C=O) groups is 2. The Hall–Kier alpha value is -1.30. The van der Waals surface area contributed by atoms with Crippen LogP contribution >= 0.6 is 0 Å². The van der Waals surface area contributed by atoms with Crippen LogP contribution in [0.25, 0.3) is 0 Å². The van der Waals surface area contributed by atoms with Gasteiger partial charge in [-0.1, -0.05) is 13.3 Å². The molecule has 0 aromatic rings. The molecule has 1 atom stereocenters. The van der Waals surface area contributed by atoms with Gasteiger partial charge in [-0.05, 0) is 44.8 Å². The standard InChI is InChI=1S/C14H27N3O3/c1-3-11(8-13(18)19)9-15-14(20)16-10-12-4-6-17(2)7-5-12/h11-12H,3-10H2,1-2H3,(H,18,19)(H2,15,16,20). The quantitative estimate of drug-likeness (QED) is 0.655. The highest BCUT2D eigenvalue weighted by atomic mass is 16.4. The summed E-state index contributed by atoms with van der Waals surface area (Å²) in [6, 6.07) is -0.187. The average Bonchev–Trinajstić information content (AvgIpc) is 2.42. The molecule has 1 fully saturated rings. The number of likely N-dealkylation sites (tertiary alicyclic amines) is 1. The summed E-state index contributed by atoms with van der Waals surface area (Å²) >= 11 is 0. The van der Waals surface area contributed by atoms with Crippen molar-refractivity contribution >= 4 is 12.0 Å². The third kappa shape index (κ3) is 6.75. The van der Waals surface area contributed by atoms with Crippen LogP contribution in [0, 0.1) is 11.8 Å². The van der Waals surface area contributed by atoms with Crippen LogP contribution in [0.5, 0.6) is 0 Å². The molecule has 1 heterocycles. The maximum absolute atomic E-state index is 11.7. The molecule has 1 rings (SSSR count). The first-order valence-corrected chi connectivity index (χ1v) is 7.43. The van der Waals surface area contributed by atoms with Gasteiger partial charge < -0.3 is 20.6 Å². The highest BCUT2D eigenvalue weighted by molar-refractivity contribution is 5.74. The van der Waals surface area contributed by atoms with E-state index < -0.39 is 5.97 Å². The van der Waals surface area contributed by atoms with E-state index in [0.29, 0.717) is 19.0 Å². The Morgan fingerprint density at radius 2 is 1.95 bits per heavy atom. The fourth-order valence-corrected chi connectivity index (χ4v) is 2.41. The lowest BCUT2D eigenvalue weighted by molar-refractivity contribution is -0.138. The molecule has 0 radical (unpaired) electrons. The number of amides is 2. The van der Waals surface area contributed by atoms with Crippen LogP contribution in [-0.4, -0.2) is 55.2 Å². The number of hydrogen-bond donors (Lipinski definition) is 3. The predicted molar refractivity (Wildman–Crippen MR) is 77.7 cm³/mol. The normalized spacial score (nSPS) is 18.5. The first kappa shape index (κ1) is 16.8. The molecule has 6 heteroatoms. The zero-order chi connectivity index (χ0) is 15.0. The van der Waals surface area contributed by atoms with E-state index in [-0.39, 0.29) is 18.4 Å². The van der Waals surface area contributed by atoms with Crippen molar-refractivity contribution in [2.45, 2.75) is 32.6 Å². The second-order valence-corrected chi connectivity index (χ2v) is 5.71. The van der Waals surface area contributed by atoms with E-state index in [4.69, 9.17) is 5.11 Å². The second kappa shape index (κ2) is 8.79. The molecule has 0 aliphatic carbocycles. The van der Waals surface area contributed by atoms with Crippen LogP contribution < -0.4 is 10.6 Å². The second-order valence-electron chi connectivity index (χ2n) is 5.71. The lowest BCUT2D eigenvalue weighted by Gasteiger charge is -2.29. The topological polar surface area (TPSA) is 81.7 Å². The van der Waals surface area contributed by atoms with Crippen LogP contribution in [0.3, 0.4) is 0 Å². The number of urea groups is 1. The summed E-state index contributed by atoms with van der Waals surface area (Å²) < 4.78 is 0. The van der Waals surface area contributed by atoms with E-state index in [1.807, 2.05) is 6.92 Å². The van der Waals surface area contributed by atoms with Crippen LogP contribution in [0.15, 0.2) is 0 Å². The summed E-state index contributed by atoms with van der Waals surface area (Å²) in [5.74, 6) is -0.259. The molecule has 0 saturated carbocycles. The number of hydrogen-bond acceptors (Lipinski definition) is 3. The molecule has 20 heavy (non-hydrogen) atoms. The van der Waals surface area contributed by atoms with Crippen molar-refractivity contribution < 1.29 is 14.7 Å². The lowest BCUT2D eigenvalue weighted by Crippen LogP contribution is -2.42. The number of nitrogens with one attached hydrogen (secondary N) is 2. The van der Waals surface area contributed by atoms with E-state index >= 15 is 0 Å². The van der Waals surface area contributed by atoms with E-state index in [1.165, 1.54) is 0 Å². The fourth-order valence-electron chi connectivity index (χ4n) is 2.41. The summed E-state index contributed by atoms with van der Waals surface area (Å²) in [7, 11) is 2.11. The minimum atomic E-state index is -0.814. The average molecular weight is 285 g/mol. The van der Waals surface area contributed by atoms with Crippen molar-refractivity contribution in [3.8, 4) is 0 Å². The van der Waals surface area contributed by atoms with E-state index in [9.17, 15) is 9.59 Å². The van der Waals surface area contributed by atoms with E-state index in [1.54, 1.807) is 0 Å². The first-order chi connectivity index (χ1) is 9.51. The van der Waals surface area contributed by atoms with Gasteiger partial charge in [0.25, 0.3) is 0 Å². The van der Waals surface area contributed by atoms with Gasteiger partial charge in [0.1, 0.15) is 0 Å². The summed E-state index contributed by atoms with van der Waals surface area (Å²) in [5.41, 5.74) is 0. The van der Waals surface area contributed by atoms with Crippen LogP contribution in [0.4, 0.5) is 4.79 Å². The maximum Gasteiger partial charge on any atom is 0.314 e. The molecule has 1 aliphatic heterocycles. The number of carbonyl (C=O) groups excluding carboxylic acids is 1. The summed E-state index contributed by atoms with van der Waals surface area (Å²) in [5, 5.41) is 14.4. The van der Waals surface area contributed by atoms with Crippen molar-refractivity contribution in [1.82, 2.24) is 15.5 Å². The smallest absolute Gasteiger partial charge is 0.314 e. The predicted octanol–water partition coefficient (Wildman–Crippen LogP) is 1.13. The lowest BCUT2D eigenvalue weighted by atomic mass is 9.97. The van der Waals surface area contributed by atoms with Gasteiger partial charge in [-0.15, -0.1) is 0 Å². The molecular formula is C14H27N3O3. The van der Waals surface area contributed by atoms with Gasteiger partial charge in [0, 0.05) is 19.5 Å². The Morgan fingerprint density at radius 3 is 2.50 bits per heavy atom. The largest absolute Gasteiger partial charge is 0.481 e. The Morgan fingerprint density at radius 1 is 1.30 bits per heavy atom. The highest BCUT2D eigenvalue weighted by Gasteiger charge is 2.17. The van der Waals surface area contributed by atoms with Gasteiger partial charge in [0.15, 0.2) is 0 Å². The maximum atomic E-state index is 11.7. The van der Waals surface area contributed by atoms with Gasteiger partial charge in [0.2, 0.25) is 0 Å². The van der Waals surface area contributed by atoms with Crippen molar-refractivity contribution in [1.29, 1.82) is 0 Å². The summed E-state index contributed by atoms with van der Waals surface area (Å²) in [6.07, 6.45) is 3.09. The van der Waals surface area contributed by atoms with Gasteiger partial charge >= 0.3 is 12.0 Å². The highest BCUT2D eigenvalue weighted by Crippen LogP contribution is 2.14. The Balaban J connectivity index is 2.15. The molecule has 1 saturated heterocycles. The molecule has 0 aromatic heterocycles. The number of carboxylic acids is 1. The zero-order valence-electron chi connectivity index (χ0n) is 12.5. The van der Waals surface area contributed by atoms with Crippen molar-refractivity contribution in [3.63, 3.8) is 0 Å². The molecular weight excluding hydrogens is 258 g/mol. The molecule has 0 spiro atoms. The number of nitrogens with zero attached hydrogens (tertiary/aromatic N) is 1. The zero-order valence-corrected chi connectivity index (χ0v) is 12.5. The van der Waals surface area contributed by atoms with Crippen molar-refractivity contribution in [3.05, 3.63) is 0 Å². The molecule has 3 N–H and O–H groups in total. The number of piperidine rings is 1. The van der Waals surface area contributed by atoms with Gasteiger partial charge in [-0.2, -0.15) is 0 Å². The number of aliphatic carboxylic acids is 1. The fraction of sp³-hybridized carbons (Fsp3) is 0.857. The molecule has 2 amide bonds. The molecule has 1 unspecified atom stereocenters. The van der Waals surface area contributed by atoms with Gasteiger partial charge in [0.05, 0.1) is 0 Å². The number of rotatable bonds is 7. The summed E-state index contributed by atoms with van der Waals surface area (Å²) in [6.45, 7) is 5.23. The monoisotopic (exact) mass is 285 g/mol. The van der Waals surface area contributed by atoms with Gasteiger partial charge in [-0.3, -0.25) is 4.79 Å². The molecule has 0 aromatic carbocycles. The molecule has 6 nitrogen and oxygen atoms in total. The third-order valence-electron chi connectivity index (χ3n) is 3.98. The van der Waals surface area contributed by atoms with Crippen LogP contribution in [0.1, 0.15) is 32.6 Å². The van der Waals surface area contributed by atoms with Gasteiger partial charge in [-0.25, -0.2) is 4.79 Å². The minimum absolute atomic E-state index is 0.00146. The molecule has 1 aliphatic rings. The third-order valence-corrected chi connectivity index (χ3v) is 3.98. The Bertz CT molecular complexity index is 315. The van der Waals surface area contributed by atoms with Crippen LogP contribution in [0.2, 0.25) is 0 Å².